The van der Waals surface area contributed by atoms with Gasteiger partial charge in [0.15, 0.2) is 0 Å². The second-order valence-electron chi connectivity index (χ2n) is 8.22. The maximum atomic E-state index is 13.9. The van der Waals surface area contributed by atoms with Crippen LogP contribution in [0.4, 0.5) is 4.39 Å². The van der Waals surface area contributed by atoms with Crippen molar-refractivity contribution in [3.8, 4) is 5.75 Å². The Morgan fingerprint density at radius 1 is 1.22 bits per heavy atom. The van der Waals surface area contributed by atoms with Crippen LogP contribution >= 0.6 is 0 Å². The van der Waals surface area contributed by atoms with Crippen LogP contribution in [0.3, 0.4) is 0 Å². The molecule has 1 saturated heterocycles. The van der Waals surface area contributed by atoms with E-state index < -0.39 is 15.8 Å². The van der Waals surface area contributed by atoms with E-state index in [9.17, 15) is 17.6 Å². The average molecular weight is 463 g/mol. The van der Waals surface area contributed by atoms with Crippen molar-refractivity contribution in [2.24, 2.45) is 5.92 Å². The number of rotatable bonds is 8. The highest BCUT2D eigenvalue weighted by molar-refractivity contribution is 7.88. The summed E-state index contributed by atoms with van der Waals surface area (Å²) in [5.74, 6) is -0.394. The zero-order valence-corrected chi connectivity index (χ0v) is 19.6. The lowest BCUT2D eigenvalue weighted by Crippen LogP contribution is -2.44. The van der Waals surface area contributed by atoms with Gasteiger partial charge in [0.05, 0.1) is 18.9 Å². The van der Waals surface area contributed by atoms with Gasteiger partial charge in [0.1, 0.15) is 11.6 Å². The zero-order valence-electron chi connectivity index (χ0n) is 18.8. The molecule has 2 aromatic carbocycles. The summed E-state index contributed by atoms with van der Waals surface area (Å²) in [7, 11) is -2.01. The number of nitrogens with zero attached hydrogens (tertiary/aromatic N) is 1. The number of halogens is 1. The Kier molecular flexibility index (Phi) is 7.90. The molecule has 32 heavy (non-hydrogen) atoms. The van der Waals surface area contributed by atoms with Gasteiger partial charge in [0, 0.05) is 24.6 Å². The molecular formula is C24H31FN2O4S. The number of nitrogens with one attached hydrogen (secondary N) is 1. The summed E-state index contributed by atoms with van der Waals surface area (Å²) in [6.07, 6.45) is 1.63. The molecule has 0 spiro atoms. The van der Waals surface area contributed by atoms with E-state index in [4.69, 9.17) is 4.74 Å². The molecule has 0 unspecified atom stereocenters. The first-order valence-electron chi connectivity index (χ1n) is 10.9. The van der Waals surface area contributed by atoms with E-state index in [2.05, 4.69) is 5.32 Å². The van der Waals surface area contributed by atoms with Crippen molar-refractivity contribution in [2.45, 2.75) is 44.9 Å². The van der Waals surface area contributed by atoms with Gasteiger partial charge < -0.3 is 10.1 Å². The number of ether oxygens (including phenoxy) is 1. The molecule has 0 saturated carbocycles. The smallest absolute Gasteiger partial charge is 0.223 e. The summed E-state index contributed by atoms with van der Waals surface area (Å²) < 4.78 is 46.0. The average Bonchev–Trinajstić information content (AvgIpc) is 2.78. The highest BCUT2D eigenvalue weighted by Crippen LogP contribution is 2.27. The van der Waals surface area contributed by atoms with E-state index in [1.807, 2.05) is 32.0 Å². The number of hydrogen-bond donors (Lipinski definition) is 1. The Balaban J connectivity index is 1.58. The van der Waals surface area contributed by atoms with E-state index in [-0.39, 0.29) is 42.3 Å². The molecular weight excluding hydrogens is 431 g/mol. The largest absolute Gasteiger partial charge is 0.496 e. The van der Waals surface area contributed by atoms with Gasteiger partial charge in [-0.05, 0) is 49.4 Å². The number of carbonyl (C=O) groups excluding carboxylic acids is 1. The summed E-state index contributed by atoms with van der Waals surface area (Å²) in [5, 5.41) is 3.12. The SMILES string of the molecule is CC[C@H](NC(=O)C1CCN(S(=O)(=O)Cc2ccccc2F)CC1)c1ccc(OC)c(C)c1. The number of carbonyl (C=O) groups is 1. The molecule has 0 aliphatic carbocycles. The highest BCUT2D eigenvalue weighted by Gasteiger charge is 2.32. The van der Waals surface area contributed by atoms with Crippen LogP contribution in [0.15, 0.2) is 42.5 Å². The minimum atomic E-state index is -3.64. The van der Waals surface area contributed by atoms with Gasteiger partial charge in [0.2, 0.25) is 15.9 Å². The fourth-order valence-corrected chi connectivity index (χ4v) is 5.71. The molecule has 1 heterocycles. The first kappa shape index (κ1) is 24.2. The number of hydrogen-bond acceptors (Lipinski definition) is 4. The third-order valence-corrected chi connectivity index (χ3v) is 7.89. The molecule has 1 amide bonds. The van der Waals surface area contributed by atoms with E-state index in [0.717, 1.165) is 23.3 Å². The third-order valence-electron chi connectivity index (χ3n) is 6.06. The predicted octanol–water partition coefficient (Wildman–Crippen LogP) is 3.95. The third kappa shape index (κ3) is 5.66. The molecule has 0 bridgehead atoms. The summed E-state index contributed by atoms with van der Waals surface area (Å²) >= 11 is 0. The molecule has 174 valence electrons. The molecule has 1 atom stereocenters. The summed E-state index contributed by atoms with van der Waals surface area (Å²) in [6.45, 7) is 4.50. The fourth-order valence-electron chi connectivity index (χ4n) is 4.13. The quantitative estimate of drug-likeness (QED) is 0.645. The molecule has 6 nitrogen and oxygen atoms in total. The Morgan fingerprint density at radius 2 is 1.91 bits per heavy atom. The van der Waals surface area contributed by atoms with Gasteiger partial charge in [-0.25, -0.2) is 17.1 Å². The molecule has 3 rings (SSSR count). The number of benzene rings is 2. The maximum absolute atomic E-state index is 13.9. The normalized spacial score (nSPS) is 16.5. The van der Waals surface area contributed by atoms with E-state index in [1.165, 1.54) is 22.5 Å². The fraction of sp³-hybridized carbons (Fsp3) is 0.458. The first-order valence-corrected chi connectivity index (χ1v) is 12.5. The Hall–Kier alpha value is -2.45. The van der Waals surface area contributed by atoms with Gasteiger partial charge in [-0.3, -0.25) is 4.79 Å². The van der Waals surface area contributed by atoms with Crippen LogP contribution in [0.2, 0.25) is 0 Å². The van der Waals surface area contributed by atoms with Crippen molar-refractivity contribution in [3.63, 3.8) is 0 Å². The van der Waals surface area contributed by atoms with Crippen LogP contribution in [0.1, 0.15) is 48.9 Å². The van der Waals surface area contributed by atoms with Crippen molar-refractivity contribution in [1.29, 1.82) is 0 Å². The van der Waals surface area contributed by atoms with Crippen molar-refractivity contribution >= 4 is 15.9 Å². The molecule has 0 radical (unpaired) electrons. The lowest BCUT2D eigenvalue weighted by atomic mass is 9.95. The maximum Gasteiger partial charge on any atom is 0.223 e. The number of aryl methyl sites for hydroxylation is 1. The molecule has 0 aromatic heterocycles. The summed E-state index contributed by atoms with van der Waals surface area (Å²) in [5.41, 5.74) is 2.18. The number of methoxy groups -OCH3 is 1. The Labute approximate surface area is 189 Å². The minimum Gasteiger partial charge on any atom is -0.496 e. The number of amides is 1. The summed E-state index contributed by atoms with van der Waals surface area (Å²) in [6, 6.07) is 11.7. The molecule has 1 aliphatic heterocycles. The van der Waals surface area contributed by atoms with Crippen molar-refractivity contribution < 1.29 is 22.3 Å². The molecule has 1 fully saturated rings. The van der Waals surface area contributed by atoms with Crippen molar-refractivity contribution in [1.82, 2.24) is 9.62 Å². The highest BCUT2D eigenvalue weighted by atomic mass is 32.2. The monoisotopic (exact) mass is 462 g/mol. The molecule has 8 heteroatoms. The van der Waals surface area contributed by atoms with Crippen molar-refractivity contribution in [2.75, 3.05) is 20.2 Å². The molecule has 1 N–H and O–H groups in total. The van der Waals surface area contributed by atoms with Gasteiger partial charge in [0.25, 0.3) is 0 Å². The second-order valence-corrected chi connectivity index (χ2v) is 10.2. The van der Waals surface area contributed by atoms with Crippen LogP contribution < -0.4 is 10.1 Å². The number of sulfonamides is 1. The van der Waals surface area contributed by atoms with Gasteiger partial charge in [-0.2, -0.15) is 0 Å². The van der Waals surface area contributed by atoms with Gasteiger partial charge in [-0.15, -0.1) is 0 Å². The topological polar surface area (TPSA) is 75.7 Å². The van der Waals surface area contributed by atoms with Gasteiger partial charge in [-0.1, -0.05) is 37.3 Å². The second kappa shape index (κ2) is 10.4. The minimum absolute atomic E-state index is 0.0588. The Bertz CT molecular complexity index is 1050. The van der Waals surface area contributed by atoms with Crippen LogP contribution in [0.25, 0.3) is 0 Å². The standard InChI is InChI=1S/C24H31FN2O4S/c1-4-22(19-9-10-23(31-3)17(2)15-19)26-24(28)18-11-13-27(14-12-18)32(29,30)16-20-7-5-6-8-21(20)25/h5-10,15,18,22H,4,11-14,16H2,1-3H3,(H,26,28)/t22-/m0/s1. The van der Waals surface area contributed by atoms with Gasteiger partial charge >= 0.3 is 0 Å². The molecule has 1 aliphatic rings. The van der Waals surface area contributed by atoms with Crippen LogP contribution in [-0.4, -0.2) is 38.8 Å². The molecule has 2 aromatic rings. The van der Waals surface area contributed by atoms with Crippen LogP contribution in [-0.2, 0) is 20.6 Å². The lowest BCUT2D eigenvalue weighted by molar-refractivity contribution is -0.126. The predicted molar refractivity (Wildman–Crippen MR) is 122 cm³/mol. The first-order chi connectivity index (χ1) is 15.2. The van der Waals surface area contributed by atoms with Crippen LogP contribution in [0, 0.1) is 18.7 Å². The Morgan fingerprint density at radius 3 is 2.50 bits per heavy atom. The van der Waals surface area contributed by atoms with Crippen LogP contribution in [0.5, 0.6) is 5.75 Å². The zero-order chi connectivity index (χ0) is 23.3. The lowest BCUT2D eigenvalue weighted by Gasteiger charge is -2.31. The van der Waals surface area contributed by atoms with E-state index in [1.54, 1.807) is 13.2 Å². The van der Waals surface area contributed by atoms with E-state index >= 15 is 0 Å². The van der Waals surface area contributed by atoms with Crippen molar-refractivity contribution in [3.05, 3.63) is 65.0 Å². The summed E-state index contributed by atoms with van der Waals surface area (Å²) in [4.78, 5) is 12.9. The number of piperidine rings is 1. The van der Waals surface area contributed by atoms with E-state index in [0.29, 0.717) is 12.8 Å².